The van der Waals surface area contributed by atoms with E-state index in [4.69, 9.17) is 4.74 Å². The molecule has 1 saturated carbocycles. The lowest BCUT2D eigenvalue weighted by Gasteiger charge is -2.26. The molecule has 7 heteroatoms. The van der Waals surface area contributed by atoms with Crippen LogP contribution in [0.4, 0.5) is 0 Å². The SMILES string of the molecule is COC(=O)[C@@H](C)Sc1nnc(-c2ccc(Br)cc2)n1C1CCCCC1. The molecule has 1 atom stereocenters. The van der Waals surface area contributed by atoms with Crippen molar-refractivity contribution in [3.8, 4) is 11.4 Å². The third-order valence-corrected chi connectivity index (χ3v) is 6.09. The summed E-state index contributed by atoms with van der Waals surface area (Å²) in [5.41, 5.74) is 1.04. The van der Waals surface area contributed by atoms with Gasteiger partial charge in [0, 0.05) is 16.1 Å². The number of halogens is 1. The summed E-state index contributed by atoms with van der Waals surface area (Å²) in [6.07, 6.45) is 5.98. The molecule has 25 heavy (non-hydrogen) atoms. The van der Waals surface area contributed by atoms with Gasteiger partial charge in [0.2, 0.25) is 0 Å². The van der Waals surface area contributed by atoms with E-state index >= 15 is 0 Å². The summed E-state index contributed by atoms with van der Waals surface area (Å²) in [5, 5.41) is 9.34. The van der Waals surface area contributed by atoms with Gasteiger partial charge in [-0.05, 0) is 31.9 Å². The van der Waals surface area contributed by atoms with Crippen molar-refractivity contribution in [1.82, 2.24) is 14.8 Å². The molecule has 1 aliphatic carbocycles. The minimum atomic E-state index is -0.311. The predicted molar refractivity (Wildman–Crippen MR) is 103 cm³/mol. The number of carbonyl (C=O) groups excluding carboxylic acids is 1. The average molecular weight is 424 g/mol. The molecular formula is C18H22BrN3O2S. The third-order valence-electron chi connectivity index (χ3n) is 4.52. The van der Waals surface area contributed by atoms with Crippen molar-refractivity contribution in [2.45, 2.75) is 55.5 Å². The van der Waals surface area contributed by atoms with Gasteiger partial charge in [-0.1, -0.05) is 59.1 Å². The highest BCUT2D eigenvalue weighted by Gasteiger charge is 2.26. The molecule has 0 aliphatic heterocycles. The van der Waals surface area contributed by atoms with E-state index in [1.165, 1.54) is 38.1 Å². The van der Waals surface area contributed by atoms with Crippen LogP contribution in [-0.4, -0.2) is 33.1 Å². The van der Waals surface area contributed by atoms with Crippen LogP contribution in [0.15, 0.2) is 33.9 Å². The fourth-order valence-corrected chi connectivity index (χ4v) is 4.40. The van der Waals surface area contributed by atoms with Crippen LogP contribution in [0.5, 0.6) is 0 Å². The summed E-state index contributed by atoms with van der Waals surface area (Å²) < 4.78 is 8.12. The van der Waals surface area contributed by atoms with Crippen LogP contribution < -0.4 is 0 Å². The van der Waals surface area contributed by atoms with Gasteiger partial charge in [0.25, 0.3) is 0 Å². The van der Waals surface area contributed by atoms with Gasteiger partial charge in [-0.2, -0.15) is 0 Å². The number of nitrogens with zero attached hydrogens (tertiary/aromatic N) is 3. The Morgan fingerprint density at radius 2 is 1.92 bits per heavy atom. The Morgan fingerprint density at radius 1 is 1.24 bits per heavy atom. The minimum Gasteiger partial charge on any atom is -0.468 e. The summed E-state index contributed by atoms with van der Waals surface area (Å²) >= 11 is 4.90. The highest BCUT2D eigenvalue weighted by Crippen LogP contribution is 2.36. The number of rotatable bonds is 5. The van der Waals surface area contributed by atoms with Crippen LogP contribution in [-0.2, 0) is 9.53 Å². The smallest absolute Gasteiger partial charge is 0.318 e. The fraction of sp³-hybridized carbons (Fsp3) is 0.500. The number of thioether (sulfide) groups is 1. The summed E-state index contributed by atoms with van der Waals surface area (Å²) in [5.74, 6) is 0.632. The zero-order valence-electron chi connectivity index (χ0n) is 14.4. The largest absolute Gasteiger partial charge is 0.468 e. The first-order valence-electron chi connectivity index (χ1n) is 8.55. The molecule has 134 valence electrons. The van der Waals surface area contributed by atoms with E-state index in [1.807, 2.05) is 31.2 Å². The highest BCUT2D eigenvalue weighted by atomic mass is 79.9. The number of esters is 1. The lowest BCUT2D eigenvalue weighted by atomic mass is 9.95. The summed E-state index contributed by atoms with van der Waals surface area (Å²) in [6.45, 7) is 1.84. The number of benzene rings is 1. The third kappa shape index (κ3) is 4.26. The fourth-order valence-electron chi connectivity index (χ4n) is 3.19. The molecule has 1 aromatic heterocycles. The van der Waals surface area contributed by atoms with Gasteiger partial charge in [0.15, 0.2) is 11.0 Å². The average Bonchev–Trinajstić information content (AvgIpc) is 3.05. The molecule has 1 aliphatic rings. The van der Waals surface area contributed by atoms with E-state index in [-0.39, 0.29) is 11.2 Å². The second-order valence-corrected chi connectivity index (χ2v) is 8.48. The standard InChI is InChI=1S/C18H22BrN3O2S/c1-12(17(23)24-2)25-18-21-20-16(13-8-10-14(19)11-9-13)22(18)15-6-4-3-5-7-15/h8-12,15H,3-7H2,1-2H3/t12-/m1/s1. The van der Waals surface area contributed by atoms with Crippen LogP contribution in [0.2, 0.25) is 0 Å². The summed E-state index contributed by atoms with van der Waals surface area (Å²) in [7, 11) is 1.42. The Kier molecular flexibility index (Phi) is 6.17. The molecule has 1 aromatic carbocycles. The van der Waals surface area contributed by atoms with Crippen molar-refractivity contribution in [2.75, 3.05) is 7.11 Å². The number of methoxy groups -OCH3 is 1. The number of hydrogen-bond acceptors (Lipinski definition) is 5. The summed E-state index contributed by atoms with van der Waals surface area (Å²) in [4.78, 5) is 11.8. The van der Waals surface area contributed by atoms with Crippen LogP contribution in [0, 0.1) is 0 Å². The molecule has 0 radical (unpaired) electrons. The van der Waals surface area contributed by atoms with Crippen LogP contribution in [0.3, 0.4) is 0 Å². The summed E-state index contributed by atoms with van der Waals surface area (Å²) in [6, 6.07) is 8.50. The Balaban J connectivity index is 1.97. The molecular weight excluding hydrogens is 402 g/mol. The van der Waals surface area contributed by atoms with Gasteiger partial charge in [-0.25, -0.2) is 0 Å². The molecule has 2 aromatic rings. The van der Waals surface area contributed by atoms with Gasteiger partial charge >= 0.3 is 5.97 Å². The number of ether oxygens (including phenoxy) is 1. The van der Waals surface area contributed by atoms with E-state index in [2.05, 4.69) is 30.7 Å². The molecule has 0 unspecified atom stereocenters. The monoisotopic (exact) mass is 423 g/mol. The maximum Gasteiger partial charge on any atom is 0.318 e. The van der Waals surface area contributed by atoms with Crippen LogP contribution in [0.25, 0.3) is 11.4 Å². The first-order valence-corrected chi connectivity index (χ1v) is 10.2. The zero-order chi connectivity index (χ0) is 17.8. The first-order chi connectivity index (χ1) is 12.1. The molecule has 5 nitrogen and oxygen atoms in total. The molecule has 0 bridgehead atoms. The van der Waals surface area contributed by atoms with Crippen molar-refractivity contribution in [1.29, 1.82) is 0 Å². The molecule has 0 amide bonds. The molecule has 0 N–H and O–H groups in total. The topological polar surface area (TPSA) is 57.0 Å². The lowest BCUT2D eigenvalue weighted by molar-refractivity contribution is -0.139. The second kappa shape index (κ2) is 8.36. The van der Waals surface area contributed by atoms with E-state index in [1.54, 1.807) is 0 Å². The van der Waals surface area contributed by atoms with E-state index in [0.29, 0.717) is 6.04 Å². The molecule has 1 fully saturated rings. The molecule has 0 spiro atoms. The van der Waals surface area contributed by atoms with Crippen molar-refractivity contribution < 1.29 is 9.53 Å². The van der Waals surface area contributed by atoms with E-state index in [9.17, 15) is 4.79 Å². The van der Waals surface area contributed by atoms with Crippen molar-refractivity contribution in [3.63, 3.8) is 0 Å². The van der Waals surface area contributed by atoms with Gasteiger partial charge < -0.3 is 4.74 Å². The highest BCUT2D eigenvalue weighted by molar-refractivity contribution is 9.10. The maximum absolute atomic E-state index is 11.8. The number of aromatic nitrogens is 3. The van der Waals surface area contributed by atoms with Crippen molar-refractivity contribution >= 4 is 33.7 Å². The second-order valence-electron chi connectivity index (χ2n) is 6.26. The number of carbonyl (C=O) groups is 1. The predicted octanol–water partition coefficient (Wildman–Crippen LogP) is 4.87. The van der Waals surface area contributed by atoms with Gasteiger partial charge in [0.1, 0.15) is 5.25 Å². The lowest BCUT2D eigenvalue weighted by Crippen LogP contribution is -2.18. The normalized spacial score (nSPS) is 16.6. The van der Waals surface area contributed by atoms with E-state index < -0.39 is 0 Å². The Hall–Kier alpha value is -1.34. The van der Waals surface area contributed by atoms with Gasteiger partial charge in [-0.3, -0.25) is 9.36 Å². The Bertz CT molecular complexity index is 726. The molecule has 3 rings (SSSR count). The molecule has 0 saturated heterocycles. The van der Waals surface area contributed by atoms with E-state index in [0.717, 1.165) is 33.9 Å². The first kappa shape index (κ1) is 18.5. The quantitative estimate of drug-likeness (QED) is 0.507. The van der Waals surface area contributed by atoms with Gasteiger partial charge in [-0.15, -0.1) is 10.2 Å². The van der Waals surface area contributed by atoms with Crippen molar-refractivity contribution in [2.24, 2.45) is 0 Å². The Morgan fingerprint density at radius 3 is 2.56 bits per heavy atom. The van der Waals surface area contributed by atoms with Crippen molar-refractivity contribution in [3.05, 3.63) is 28.7 Å². The van der Waals surface area contributed by atoms with Crippen LogP contribution in [0.1, 0.15) is 45.1 Å². The minimum absolute atomic E-state index is 0.242. The van der Waals surface area contributed by atoms with Crippen LogP contribution >= 0.6 is 27.7 Å². The number of hydrogen-bond donors (Lipinski definition) is 0. The maximum atomic E-state index is 11.8. The zero-order valence-corrected chi connectivity index (χ0v) is 16.8. The Labute approximate surface area is 160 Å². The molecule has 1 heterocycles. The van der Waals surface area contributed by atoms with Gasteiger partial charge in [0.05, 0.1) is 7.11 Å².